The average Bonchev–Trinajstić information content (AvgIpc) is 3.33. The molecule has 1 aromatic heterocycles. The molecule has 0 radical (unpaired) electrons. The van der Waals surface area contributed by atoms with Crippen LogP contribution >= 0.6 is 0 Å². The summed E-state index contributed by atoms with van der Waals surface area (Å²) in [6, 6.07) is 25.3. The van der Waals surface area contributed by atoms with Gasteiger partial charge in [0.1, 0.15) is 0 Å². The van der Waals surface area contributed by atoms with Crippen molar-refractivity contribution < 1.29 is 0 Å². The number of rotatable bonds is 1. The van der Waals surface area contributed by atoms with Gasteiger partial charge in [-0.05, 0) is 96.6 Å². The number of hydrogen-bond acceptors (Lipinski definition) is 0. The Hall–Kier alpha value is -2.54. The molecular formula is C28H25N. The highest BCUT2D eigenvalue weighted by Gasteiger charge is 2.65. The maximum atomic E-state index is 2.58. The van der Waals surface area contributed by atoms with Crippen molar-refractivity contribution in [2.45, 2.75) is 43.9 Å². The van der Waals surface area contributed by atoms with E-state index in [1.807, 2.05) is 0 Å². The summed E-state index contributed by atoms with van der Waals surface area (Å²) in [6.45, 7) is 0. The molecule has 29 heavy (non-hydrogen) atoms. The third-order valence-electron chi connectivity index (χ3n) is 9.37. The number of hydrogen-bond donors (Lipinski definition) is 0. The molecule has 0 N–H and O–H groups in total. The summed E-state index contributed by atoms with van der Waals surface area (Å²) >= 11 is 0. The average molecular weight is 376 g/mol. The third kappa shape index (κ3) is 1.71. The lowest BCUT2D eigenvalue weighted by molar-refractivity contribution is 0.00322. The second-order valence-corrected chi connectivity index (χ2v) is 10.3. The van der Waals surface area contributed by atoms with Gasteiger partial charge in [-0.25, -0.2) is 0 Å². The van der Waals surface area contributed by atoms with Crippen LogP contribution in [-0.2, 0) is 0 Å². The molecule has 4 aliphatic rings. The minimum absolute atomic E-state index is 0.737. The normalized spacial score (nSPS) is 33.7. The molecule has 3 saturated carbocycles. The van der Waals surface area contributed by atoms with Crippen LogP contribution in [0, 0.1) is 17.3 Å². The van der Waals surface area contributed by atoms with Gasteiger partial charge in [-0.1, -0.05) is 42.5 Å². The van der Waals surface area contributed by atoms with Crippen molar-refractivity contribution in [1.82, 2.24) is 4.57 Å². The van der Waals surface area contributed by atoms with E-state index in [-0.39, 0.29) is 0 Å². The second kappa shape index (κ2) is 4.95. The molecule has 4 aliphatic carbocycles. The van der Waals surface area contributed by atoms with Gasteiger partial charge in [-0.15, -0.1) is 0 Å². The van der Waals surface area contributed by atoms with Crippen LogP contribution in [0.1, 0.15) is 55.1 Å². The number of fused-ring (bicyclic) bond motifs is 8. The zero-order chi connectivity index (χ0) is 18.7. The van der Waals surface area contributed by atoms with Gasteiger partial charge in [-0.2, -0.15) is 0 Å². The van der Waals surface area contributed by atoms with Gasteiger partial charge in [0.15, 0.2) is 0 Å². The fourth-order valence-corrected chi connectivity index (χ4v) is 8.27. The van der Waals surface area contributed by atoms with Gasteiger partial charge in [0.05, 0.1) is 11.0 Å². The minimum Gasteiger partial charge on any atom is -0.309 e. The Kier molecular flexibility index (Phi) is 2.62. The van der Waals surface area contributed by atoms with E-state index < -0.39 is 0 Å². The van der Waals surface area contributed by atoms with Crippen molar-refractivity contribution >= 4 is 21.8 Å². The first kappa shape index (κ1) is 15.3. The molecule has 0 amide bonds. The highest BCUT2D eigenvalue weighted by Crippen LogP contribution is 2.75. The van der Waals surface area contributed by atoms with Gasteiger partial charge >= 0.3 is 0 Å². The lowest BCUT2D eigenvalue weighted by Gasteiger charge is -2.48. The maximum Gasteiger partial charge on any atom is 0.0541 e. The van der Waals surface area contributed by atoms with E-state index in [9.17, 15) is 0 Å². The minimum atomic E-state index is 0.737. The molecule has 8 rings (SSSR count). The summed E-state index contributed by atoms with van der Waals surface area (Å²) in [5.74, 6) is 3.72. The van der Waals surface area contributed by atoms with E-state index in [1.54, 1.807) is 11.1 Å². The molecule has 3 aromatic carbocycles. The molecule has 1 heterocycles. The highest BCUT2D eigenvalue weighted by atomic mass is 15.0. The monoisotopic (exact) mass is 375 g/mol. The smallest absolute Gasteiger partial charge is 0.0541 e. The Morgan fingerprint density at radius 2 is 1.28 bits per heavy atom. The summed E-state index contributed by atoms with van der Waals surface area (Å²) in [4.78, 5) is 0. The molecule has 3 bridgehead atoms. The van der Waals surface area contributed by atoms with Crippen LogP contribution in [0.25, 0.3) is 27.5 Å². The largest absolute Gasteiger partial charge is 0.309 e. The van der Waals surface area contributed by atoms with Gasteiger partial charge in [0, 0.05) is 16.5 Å². The zero-order valence-corrected chi connectivity index (χ0v) is 16.6. The quantitative estimate of drug-likeness (QED) is 0.332. The topological polar surface area (TPSA) is 4.93 Å². The first-order chi connectivity index (χ1) is 14.3. The van der Waals surface area contributed by atoms with Crippen molar-refractivity contribution in [3.63, 3.8) is 0 Å². The van der Waals surface area contributed by atoms with Crippen LogP contribution in [0.2, 0.25) is 0 Å². The molecule has 3 fully saturated rings. The first-order valence-electron chi connectivity index (χ1n) is 11.4. The summed E-state index contributed by atoms with van der Waals surface area (Å²) < 4.78 is 2.50. The Balaban J connectivity index is 1.39. The molecule has 4 aromatic rings. The predicted molar refractivity (Wildman–Crippen MR) is 119 cm³/mol. The van der Waals surface area contributed by atoms with E-state index in [0.29, 0.717) is 0 Å². The van der Waals surface area contributed by atoms with Gasteiger partial charge in [0.25, 0.3) is 0 Å². The van der Waals surface area contributed by atoms with Crippen LogP contribution in [0.5, 0.6) is 0 Å². The van der Waals surface area contributed by atoms with E-state index in [2.05, 4.69) is 71.3 Å². The maximum absolute atomic E-state index is 2.58. The van der Waals surface area contributed by atoms with E-state index in [0.717, 1.165) is 29.1 Å². The van der Waals surface area contributed by atoms with Crippen LogP contribution in [0.4, 0.5) is 0 Å². The summed E-state index contributed by atoms with van der Waals surface area (Å²) in [5, 5.41) is 2.72. The number of nitrogens with zero attached hydrogens (tertiary/aromatic N) is 1. The van der Waals surface area contributed by atoms with E-state index >= 15 is 0 Å². The van der Waals surface area contributed by atoms with Crippen molar-refractivity contribution in [1.29, 1.82) is 0 Å². The number of para-hydroxylation sites is 2. The van der Waals surface area contributed by atoms with E-state index in [1.165, 1.54) is 59.6 Å². The molecule has 5 unspecified atom stereocenters. The standard InChI is InChI=1S/C28H25N/c1-3-7-26-23(5-1)24-6-2-4-8-27(24)29(26)21-9-10-22-17-11-19-13-20-12-18(25(22)14-21)16-28(19,20)15-17/h1-10,14,17-20H,11-13,15-16H2. The fourth-order valence-electron chi connectivity index (χ4n) is 8.27. The SMILES string of the molecule is c1ccc2c(c1)c1ccccc1n2-c1ccc2c(c1)C1CC3CC4CC2CC43C1. The molecule has 0 aliphatic heterocycles. The zero-order valence-electron chi connectivity index (χ0n) is 16.6. The number of benzene rings is 3. The molecule has 0 saturated heterocycles. The van der Waals surface area contributed by atoms with Gasteiger partial charge < -0.3 is 4.57 Å². The summed E-state index contributed by atoms with van der Waals surface area (Å²) in [5.41, 5.74) is 8.14. The summed E-state index contributed by atoms with van der Waals surface area (Å²) in [7, 11) is 0. The second-order valence-electron chi connectivity index (χ2n) is 10.3. The Morgan fingerprint density at radius 1 is 0.655 bits per heavy atom. The third-order valence-corrected chi connectivity index (χ3v) is 9.37. The Bertz CT molecular complexity index is 1270. The van der Waals surface area contributed by atoms with Crippen molar-refractivity contribution in [2.75, 3.05) is 0 Å². The van der Waals surface area contributed by atoms with Gasteiger partial charge in [0.2, 0.25) is 0 Å². The fraction of sp³-hybridized carbons (Fsp3) is 0.357. The highest BCUT2D eigenvalue weighted by molar-refractivity contribution is 6.09. The molecular weight excluding hydrogens is 350 g/mol. The predicted octanol–water partition coefficient (Wildman–Crippen LogP) is 7.17. The Labute approximate surface area is 171 Å². The van der Waals surface area contributed by atoms with Crippen molar-refractivity contribution in [3.05, 3.63) is 77.9 Å². The summed E-state index contributed by atoms with van der Waals surface area (Å²) in [6.07, 6.45) is 7.40. The molecule has 1 nitrogen and oxygen atoms in total. The number of aromatic nitrogens is 1. The Morgan fingerprint density at radius 3 is 1.97 bits per heavy atom. The van der Waals surface area contributed by atoms with Crippen LogP contribution in [0.15, 0.2) is 66.7 Å². The molecule has 1 heteroatoms. The van der Waals surface area contributed by atoms with Crippen LogP contribution < -0.4 is 0 Å². The molecule has 142 valence electrons. The van der Waals surface area contributed by atoms with E-state index in [4.69, 9.17) is 0 Å². The lowest BCUT2D eigenvalue weighted by atomic mass is 9.56. The van der Waals surface area contributed by atoms with Crippen LogP contribution in [-0.4, -0.2) is 4.57 Å². The molecule has 1 spiro atoms. The molecule has 5 atom stereocenters. The first-order valence-corrected chi connectivity index (χ1v) is 11.4. The van der Waals surface area contributed by atoms with Crippen molar-refractivity contribution in [2.24, 2.45) is 17.3 Å². The lowest BCUT2D eigenvalue weighted by Crippen LogP contribution is -2.41. The van der Waals surface area contributed by atoms with Gasteiger partial charge in [-0.3, -0.25) is 0 Å². The van der Waals surface area contributed by atoms with Crippen LogP contribution in [0.3, 0.4) is 0 Å². The van der Waals surface area contributed by atoms with Crippen molar-refractivity contribution in [3.8, 4) is 5.69 Å².